The number of amides is 1. The van der Waals surface area contributed by atoms with Crippen LogP contribution in [0.4, 0.5) is 0 Å². The molecule has 4 unspecified atom stereocenters. The van der Waals surface area contributed by atoms with Crippen LogP contribution >= 0.6 is 11.3 Å². The summed E-state index contributed by atoms with van der Waals surface area (Å²) in [6, 6.07) is 8.36. The van der Waals surface area contributed by atoms with E-state index in [0.717, 1.165) is 23.4 Å². The molecule has 5 heteroatoms. The second-order valence-corrected chi connectivity index (χ2v) is 8.32. The Bertz CT molecular complexity index is 696. The number of benzene rings is 1. The topological polar surface area (TPSA) is 62.2 Å². The van der Waals surface area contributed by atoms with Crippen LogP contribution in [0.3, 0.4) is 0 Å². The summed E-state index contributed by atoms with van der Waals surface area (Å²) in [6.07, 6.45) is 5.84. The maximum absolute atomic E-state index is 12.3. The van der Waals surface area contributed by atoms with E-state index in [1.807, 2.05) is 18.2 Å². The van der Waals surface area contributed by atoms with Gasteiger partial charge in [-0.05, 0) is 56.1 Å². The average Bonchev–Trinajstić information content (AvgIpc) is 3.28. The van der Waals surface area contributed by atoms with Gasteiger partial charge in [0.2, 0.25) is 5.91 Å². The molecule has 4 atom stereocenters. The van der Waals surface area contributed by atoms with Gasteiger partial charge in [-0.1, -0.05) is 12.1 Å². The van der Waals surface area contributed by atoms with Crippen molar-refractivity contribution in [3.63, 3.8) is 0 Å². The zero-order chi connectivity index (χ0) is 16.5. The molecule has 1 amide bonds. The van der Waals surface area contributed by atoms with Gasteiger partial charge in [0.15, 0.2) is 0 Å². The van der Waals surface area contributed by atoms with Crippen molar-refractivity contribution in [1.29, 1.82) is 0 Å². The van der Waals surface area contributed by atoms with Crippen molar-refractivity contribution in [2.45, 2.75) is 44.6 Å². The minimum Gasteiger partial charge on any atom is -0.396 e. The molecule has 0 radical (unpaired) electrons. The first-order chi connectivity index (χ1) is 11.7. The zero-order valence-electron chi connectivity index (χ0n) is 13.8. The number of hydrogen-bond acceptors (Lipinski definition) is 4. The third-order valence-electron chi connectivity index (χ3n) is 5.76. The van der Waals surface area contributed by atoms with Crippen molar-refractivity contribution in [2.75, 3.05) is 6.61 Å². The van der Waals surface area contributed by atoms with Gasteiger partial charge < -0.3 is 10.4 Å². The number of thiazole rings is 1. The molecular formula is C19H24N2O2S. The van der Waals surface area contributed by atoms with Crippen LogP contribution in [0.2, 0.25) is 0 Å². The Labute approximate surface area is 146 Å². The van der Waals surface area contributed by atoms with Crippen LogP contribution < -0.4 is 5.32 Å². The molecule has 2 saturated carbocycles. The molecule has 2 aliphatic carbocycles. The molecular weight excluding hydrogens is 320 g/mol. The van der Waals surface area contributed by atoms with Gasteiger partial charge in [0.1, 0.15) is 0 Å². The molecule has 128 valence electrons. The fourth-order valence-electron chi connectivity index (χ4n) is 4.58. The van der Waals surface area contributed by atoms with E-state index in [1.54, 1.807) is 11.3 Å². The van der Waals surface area contributed by atoms with Crippen LogP contribution in [0.25, 0.3) is 10.2 Å². The average molecular weight is 344 g/mol. The molecule has 2 bridgehead atoms. The molecule has 24 heavy (non-hydrogen) atoms. The van der Waals surface area contributed by atoms with Gasteiger partial charge >= 0.3 is 0 Å². The molecule has 0 spiro atoms. The highest BCUT2D eigenvalue weighted by molar-refractivity contribution is 7.18. The number of aromatic nitrogens is 1. The van der Waals surface area contributed by atoms with Crippen LogP contribution in [0.5, 0.6) is 0 Å². The molecule has 2 fully saturated rings. The molecule has 4 rings (SSSR count). The Balaban J connectivity index is 1.27. The van der Waals surface area contributed by atoms with E-state index < -0.39 is 0 Å². The standard InChI is InChI=1S/C19H24N2O2S/c22-11-14-12-8-9-13(10-12)19(14)21-17(23)6-3-7-18-20-15-4-1-2-5-16(15)24-18/h1-2,4-5,12-14,19,22H,3,6-11H2,(H,21,23). The molecule has 1 heterocycles. The second kappa shape index (κ2) is 6.81. The normalized spacial score (nSPS) is 28.5. The van der Waals surface area contributed by atoms with Gasteiger partial charge in [0.05, 0.1) is 15.2 Å². The first-order valence-corrected chi connectivity index (χ1v) is 9.81. The minimum absolute atomic E-state index is 0.132. The summed E-state index contributed by atoms with van der Waals surface area (Å²) in [5.74, 6) is 1.61. The number of fused-ring (bicyclic) bond motifs is 3. The van der Waals surface area contributed by atoms with Crippen LogP contribution in [-0.4, -0.2) is 28.6 Å². The van der Waals surface area contributed by atoms with E-state index in [-0.39, 0.29) is 24.5 Å². The summed E-state index contributed by atoms with van der Waals surface area (Å²) in [5.41, 5.74) is 1.05. The van der Waals surface area contributed by atoms with Crippen LogP contribution in [0.1, 0.15) is 37.1 Å². The number of aliphatic hydroxyl groups excluding tert-OH is 1. The monoisotopic (exact) mass is 344 g/mol. The highest BCUT2D eigenvalue weighted by Crippen LogP contribution is 2.48. The van der Waals surface area contributed by atoms with Crippen LogP contribution in [0, 0.1) is 17.8 Å². The van der Waals surface area contributed by atoms with Gasteiger partial charge in [0, 0.05) is 25.0 Å². The lowest BCUT2D eigenvalue weighted by Gasteiger charge is -2.30. The Morgan fingerprint density at radius 1 is 1.29 bits per heavy atom. The number of carbonyl (C=O) groups is 1. The molecule has 1 aromatic heterocycles. The van der Waals surface area contributed by atoms with Crippen molar-refractivity contribution in [2.24, 2.45) is 17.8 Å². The third-order valence-corrected chi connectivity index (χ3v) is 6.86. The first kappa shape index (κ1) is 16.0. The highest BCUT2D eigenvalue weighted by Gasteiger charge is 2.47. The maximum atomic E-state index is 12.3. The smallest absolute Gasteiger partial charge is 0.220 e. The zero-order valence-corrected chi connectivity index (χ0v) is 14.6. The summed E-state index contributed by atoms with van der Waals surface area (Å²) in [4.78, 5) is 16.9. The molecule has 2 aromatic rings. The fraction of sp³-hybridized carbons (Fsp3) is 0.579. The van der Waals surface area contributed by atoms with Gasteiger partial charge in [-0.15, -0.1) is 11.3 Å². The maximum Gasteiger partial charge on any atom is 0.220 e. The van der Waals surface area contributed by atoms with Crippen molar-refractivity contribution in [1.82, 2.24) is 10.3 Å². The number of aryl methyl sites for hydroxylation is 1. The van der Waals surface area contributed by atoms with E-state index in [1.165, 1.54) is 24.0 Å². The summed E-state index contributed by atoms with van der Waals surface area (Å²) in [6.45, 7) is 0.206. The molecule has 2 aliphatic rings. The molecule has 2 N–H and O–H groups in total. The predicted octanol–water partition coefficient (Wildman–Crippen LogP) is 3.14. The number of aliphatic hydroxyl groups is 1. The van der Waals surface area contributed by atoms with Crippen molar-refractivity contribution < 1.29 is 9.90 Å². The lowest BCUT2D eigenvalue weighted by molar-refractivity contribution is -0.122. The molecule has 0 aliphatic heterocycles. The van der Waals surface area contributed by atoms with Crippen LogP contribution in [-0.2, 0) is 11.2 Å². The molecule has 0 saturated heterocycles. The van der Waals surface area contributed by atoms with Crippen molar-refractivity contribution >= 4 is 27.5 Å². The third kappa shape index (κ3) is 3.07. The highest BCUT2D eigenvalue weighted by atomic mass is 32.1. The predicted molar refractivity (Wildman–Crippen MR) is 95.9 cm³/mol. The van der Waals surface area contributed by atoms with Crippen molar-refractivity contribution in [3.05, 3.63) is 29.3 Å². The largest absolute Gasteiger partial charge is 0.396 e. The van der Waals surface area contributed by atoms with E-state index >= 15 is 0 Å². The molecule has 1 aromatic carbocycles. The van der Waals surface area contributed by atoms with Gasteiger partial charge in [-0.2, -0.15) is 0 Å². The van der Waals surface area contributed by atoms with E-state index in [2.05, 4.69) is 16.4 Å². The lowest BCUT2D eigenvalue weighted by Crippen LogP contribution is -2.45. The summed E-state index contributed by atoms with van der Waals surface area (Å²) < 4.78 is 1.21. The van der Waals surface area contributed by atoms with E-state index in [4.69, 9.17) is 0 Å². The number of carbonyl (C=O) groups excluding carboxylic acids is 1. The van der Waals surface area contributed by atoms with Crippen molar-refractivity contribution in [3.8, 4) is 0 Å². The first-order valence-electron chi connectivity index (χ1n) is 8.99. The number of rotatable bonds is 6. The van der Waals surface area contributed by atoms with Gasteiger partial charge in [-0.3, -0.25) is 4.79 Å². The Morgan fingerprint density at radius 3 is 2.96 bits per heavy atom. The minimum atomic E-state index is 0.132. The van der Waals surface area contributed by atoms with E-state index in [0.29, 0.717) is 18.3 Å². The Kier molecular flexibility index (Phi) is 4.55. The summed E-state index contributed by atoms with van der Waals surface area (Å²) in [7, 11) is 0. The Hall–Kier alpha value is -1.46. The SMILES string of the molecule is O=C(CCCc1nc2ccccc2s1)NC1C2CCC(C2)C1CO. The van der Waals surface area contributed by atoms with Gasteiger partial charge in [-0.25, -0.2) is 4.98 Å². The second-order valence-electron chi connectivity index (χ2n) is 7.20. The number of nitrogens with zero attached hydrogens (tertiary/aromatic N) is 1. The fourth-order valence-corrected chi connectivity index (χ4v) is 5.59. The molecule has 4 nitrogen and oxygen atoms in total. The number of hydrogen-bond donors (Lipinski definition) is 2. The van der Waals surface area contributed by atoms with Crippen LogP contribution in [0.15, 0.2) is 24.3 Å². The van der Waals surface area contributed by atoms with Gasteiger partial charge in [0.25, 0.3) is 0 Å². The van der Waals surface area contributed by atoms with E-state index in [9.17, 15) is 9.90 Å². The number of para-hydroxylation sites is 1. The lowest BCUT2D eigenvalue weighted by atomic mass is 9.85. The summed E-state index contributed by atoms with van der Waals surface area (Å²) in [5, 5.41) is 13.9. The summed E-state index contributed by atoms with van der Waals surface area (Å²) >= 11 is 1.72. The number of nitrogens with one attached hydrogen (secondary N) is 1. The Morgan fingerprint density at radius 2 is 2.12 bits per heavy atom. The quantitative estimate of drug-likeness (QED) is 0.846.